The molecule has 1 aliphatic heterocycles. The zero-order valence-electron chi connectivity index (χ0n) is 8.40. The Morgan fingerprint density at radius 3 is 2.73 bits per heavy atom. The largest absolute Gasteiger partial charge is 0.307 e. The van der Waals surface area contributed by atoms with E-state index >= 15 is 0 Å². The van der Waals surface area contributed by atoms with E-state index in [1.807, 2.05) is 12.3 Å². The molecule has 0 unspecified atom stereocenters. The van der Waals surface area contributed by atoms with Gasteiger partial charge in [0, 0.05) is 19.3 Å². The molecule has 1 aliphatic rings. The van der Waals surface area contributed by atoms with Crippen molar-refractivity contribution in [1.29, 1.82) is 0 Å². The van der Waals surface area contributed by atoms with E-state index in [-0.39, 0.29) is 0 Å². The fourth-order valence-corrected chi connectivity index (χ4v) is 2.08. The van der Waals surface area contributed by atoms with Crippen molar-refractivity contribution >= 4 is 0 Å². The summed E-state index contributed by atoms with van der Waals surface area (Å²) >= 11 is 0. The molecule has 0 atom stereocenters. The van der Waals surface area contributed by atoms with E-state index in [0.717, 1.165) is 13.1 Å². The predicted molar refractivity (Wildman–Crippen MR) is 60.2 cm³/mol. The molecule has 0 amide bonds. The Bertz CT molecular complexity index is 477. The maximum atomic E-state index is 4.38. The molecule has 15 heavy (non-hydrogen) atoms. The first kappa shape index (κ1) is 8.62. The van der Waals surface area contributed by atoms with Crippen molar-refractivity contribution in [3.05, 3.63) is 53.9 Å². The van der Waals surface area contributed by atoms with Crippen LogP contribution >= 0.6 is 0 Å². The topological polar surface area (TPSA) is 24.9 Å². The van der Waals surface area contributed by atoms with Gasteiger partial charge in [-0.2, -0.15) is 0 Å². The lowest BCUT2D eigenvalue weighted by molar-refractivity contribution is 0.758. The molecule has 0 aliphatic carbocycles. The highest BCUT2D eigenvalue weighted by Gasteiger charge is 2.15. The van der Waals surface area contributed by atoms with E-state index in [1.165, 1.54) is 22.4 Å². The molecule has 2 heterocycles. The predicted octanol–water partition coefficient (Wildman–Crippen LogP) is 2.35. The molecular formula is C13H12N2. The Hall–Kier alpha value is -1.67. The first-order valence-corrected chi connectivity index (χ1v) is 5.18. The van der Waals surface area contributed by atoms with Crippen LogP contribution in [0.3, 0.4) is 0 Å². The lowest BCUT2D eigenvalue weighted by Crippen LogP contribution is -2.00. The average molecular weight is 196 g/mol. The van der Waals surface area contributed by atoms with E-state index in [9.17, 15) is 0 Å². The Balaban J connectivity index is 2.17. The van der Waals surface area contributed by atoms with Crippen LogP contribution in [0.5, 0.6) is 0 Å². The van der Waals surface area contributed by atoms with Gasteiger partial charge < -0.3 is 5.32 Å². The van der Waals surface area contributed by atoms with Crippen LogP contribution in [0, 0.1) is 0 Å². The third kappa shape index (κ3) is 1.43. The molecule has 0 saturated carbocycles. The molecule has 74 valence electrons. The van der Waals surface area contributed by atoms with Crippen molar-refractivity contribution in [3.8, 4) is 11.1 Å². The lowest BCUT2D eigenvalue weighted by Gasteiger charge is -2.06. The summed E-state index contributed by atoms with van der Waals surface area (Å²) in [6.45, 7) is 1.84. The molecule has 1 aromatic carbocycles. The number of nitrogens with zero attached hydrogens (tertiary/aromatic N) is 1. The number of benzene rings is 1. The Morgan fingerprint density at radius 1 is 1.00 bits per heavy atom. The van der Waals surface area contributed by atoms with Crippen LogP contribution < -0.4 is 5.32 Å². The van der Waals surface area contributed by atoms with E-state index in [4.69, 9.17) is 0 Å². The number of nitrogens with one attached hydrogen (secondary N) is 1. The van der Waals surface area contributed by atoms with Gasteiger partial charge in [-0.1, -0.05) is 30.3 Å². The van der Waals surface area contributed by atoms with Crippen LogP contribution in [0.15, 0.2) is 42.6 Å². The first-order valence-electron chi connectivity index (χ1n) is 5.18. The van der Waals surface area contributed by atoms with Gasteiger partial charge in [0.25, 0.3) is 0 Å². The second kappa shape index (κ2) is 3.48. The minimum absolute atomic E-state index is 0.899. The third-order valence-corrected chi connectivity index (χ3v) is 2.82. The van der Waals surface area contributed by atoms with Crippen LogP contribution in [0.4, 0.5) is 0 Å². The summed E-state index contributed by atoms with van der Waals surface area (Å²) in [6.07, 6.45) is 1.90. The van der Waals surface area contributed by atoms with Crippen molar-refractivity contribution in [2.45, 2.75) is 13.1 Å². The van der Waals surface area contributed by atoms with Gasteiger partial charge in [-0.05, 0) is 22.8 Å². The van der Waals surface area contributed by atoms with E-state index in [0.29, 0.717) is 0 Å². The van der Waals surface area contributed by atoms with E-state index in [1.54, 1.807) is 0 Å². The molecule has 3 rings (SSSR count). The van der Waals surface area contributed by atoms with Gasteiger partial charge in [-0.15, -0.1) is 0 Å². The highest BCUT2D eigenvalue weighted by molar-refractivity contribution is 5.68. The van der Waals surface area contributed by atoms with Gasteiger partial charge in [-0.3, -0.25) is 4.98 Å². The molecule has 0 fully saturated rings. The number of hydrogen-bond donors (Lipinski definition) is 1. The first-order chi connectivity index (χ1) is 7.45. The van der Waals surface area contributed by atoms with Gasteiger partial charge in [-0.25, -0.2) is 0 Å². The highest BCUT2D eigenvalue weighted by atomic mass is 14.9. The quantitative estimate of drug-likeness (QED) is 0.757. The van der Waals surface area contributed by atoms with Crippen LogP contribution in [0.2, 0.25) is 0 Å². The SMILES string of the molecule is c1ccc(-c2ccnc3c2CNC3)cc1. The summed E-state index contributed by atoms with van der Waals surface area (Å²) in [5, 5.41) is 3.34. The molecule has 2 heteroatoms. The molecule has 2 aromatic rings. The van der Waals surface area contributed by atoms with Crippen molar-refractivity contribution in [2.75, 3.05) is 0 Å². The van der Waals surface area contributed by atoms with Gasteiger partial charge in [0.1, 0.15) is 0 Å². The molecule has 0 spiro atoms. The number of fused-ring (bicyclic) bond motifs is 1. The second-order valence-corrected chi connectivity index (χ2v) is 3.75. The zero-order chi connectivity index (χ0) is 10.1. The summed E-state index contributed by atoms with van der Waals surface area (Å²) < 4.78 is 0. The van der Waals surface area contributed by atoms with Crippen LogP contribution in [0.1, 0.15) is 11.3 Å². The molecule has 0 saturated heterocycles. The fourth-order valence-electron chi connectivity index (χ4n) is 2.08. The zero-order valence-corrected chi connectivity index (χ0v) is 8.40. The fraction of sp³-hybridized carbons (Fsp3) is 0.154. The van der Waals surface area contributed by atoms with E-state index in [2.05, 4.69) is 40.6 Å². The van der Waals surface area contributed by atoms with Crippen molar-refractivity contribution in [3.63, 3.8) is 0 Å². The van der Waals surface area contributed by atoms with Gasteiger partial charge >= 0.3 is 0 Å². The van der Waals surface area contributed by atoms with Crippen molar-refractivity contribution < 1.29 is 0 Å². The van der Waals surface area contributed by atoms with Crippen molar-refractivity contribution in [1.82, 2.24) is 10.3 Å². The summed E-state index contributed by atoms with van der Waals surface area (Å²) in [5.74, 6) is 0. The lowest BCUT2D eigenvalue weighted by atomic mass is 10.0. The van der Waals surface area contributed by atoms with E-state index < -0.39 is 0 Å². The number of hydrogen-bond acceptors (Lipinski definition) is 2. The maximum Gasteiger partial charge on any atom is 0.0592 e. The van der Waals surface area contributed by atoms with Gasteiger partial charge in [0.15, 0.2) is 0 Å². The molecular weight excluding hydrogens is 184 g/mol. The molecule has 1 aromatic heterocycles. The number of pyridine rings is 1. The highest BCUT2D eigenvalue weighted by Crippen LogP contribution is 2.27. The Kier molecular flexibility index (Phi) is 2.00. The third-order valence-electron chi connectivity index (χ3n) is 2.82. The molecule has 1 N–H and O–H groups in total. The van der Waals surface area contributed by atoms with Crippen LogP contribution in [0.25, 0.3) is 11.1 Å². The summed E-state index contributed by atoms with van der Waals surface area (Å²) in [5.41, 5.74) is 5.13. The number of aromatic nitrogens is 1. The van der Waals surface area contributed by atoms with Gasteiger partial charge in [0.05, 0.1) is 5.69 Å². The Morgan fingerprint density at radius 2 is 1.87 bits per heavy atom. The maximum absolute atomic E-state index is 4.38. The Labute approximate surface area is 89.0 Å². The average Bonchev–Trinajstić information content (AvgIpc) is 2.78. The summed E-state index contributed by atoms with van der Waals surface area (Å²) in [6, 6.07) is 12.6. The normalized spacial score (nSPS) is 13.9. The second-order valence-electron chi connectivity index (χ2n) is 3.75. The summed E-state index contributed by atoms with van der Waals surface area (Å²) in [4.78, 5) is 4.38. The monoisotopic (exact) mass is 196 g/mol. The minimum atomic E-state index is 0.899. The molecule has 2 nitrogen and oxygen atoms in total. The van der Waals surface area contributed by atoms with Gasteiger partial charge in [0.2, 0.25) is 0 Å². The van der Waals surface area contributed by atoms with Crippen LogP contribution in [-0.4, -0.2) is 4.98 Å². The standard InChI is InChI=1S/C13H12N2/c1-2-4-10(5-3-1)11-6-7-15-13-9-14-8-12(11)13/h1-7,14H,8-9H2. The molecule has 0 bridgehead atoms. The smallest absolute Gasteiger partial charge is 0.0592 e. The minimum Gasteiger partial charge on any atom is -0.307 e. The van der Waals surface area contributed by atoms with Crippen LogP contribution in [-0.2, 0) is 13.1 Å². The number of rotatable bonds is 1. The molecule has 0 radical (unpaired) electrons. The van der Waals surface area contributed by atoms with Crippen molar-refractivity contribution in [2.24, 2.45) is 0 Å². The summed E-state index contributed by atoms with van der Waals surface area (Å²) in [7, 11) is 0.